The number of nitrogens with zero attached hydrogens (tertiary/aromatic N) is 1. The van der Waals surface area contributed by atoms with Crippen LogP contribution in [0.2, 0.25) is 0 Å². The van der Waals surface area contributed by atoms with Crippen LogP contribution in [0.1, 0.15) is 16.5 Å². The van der Waals surface area contributed by atoms with E-state index in [2.05, 4.69) is 4.85 Å². The predicted octanol–water partition coefficient (Wildman–Crippen LogP) is 3.40. The van der Waals surface area contributed by atoms with E-state index in [0.717, 1.165) is 5.56 Å². The summed E-state index contributed by atoms with van der Waals surface area (Å²) in [5.74, 6) is 0.866. The Bertz CT molecular complexity index is 836. The molecule has 23 heavy (non-hydrogen) atoms. The zero-order valence-corrected chi connectivity index (χ0v) is 13.9. The standard InChI is InChI=1S/C17H17NO4S/c1-12-5-8-14(9-6-12)23(19,20)17(18-2)13-7-10-15(21-3)16(11-13)22-4/h5-11,17H,1,3-4H3/t17-/m0/s1. The molecular formula is C17H17NO4S. The first-order chi connectivity index (χ1) is 10.9. The van der Waals surface area contributed by atoms with Gasteiger partial charge in [0.25, 0.3) is 9.84 Å². The molecule has 2 aromatic carbocycles. The zero-order valence-electron chi connectivity index (χ0n) is 13.1. The van der Waals surface area contributed by atoms with Crippen molar-refractivity contribution in [1.82, 2.24) is 0 Å². The van der Waals surface area contributed by atoms with E-state index in [1.165, 1.54) is 32.4 Å². The van der Waals surface area contributed by atoms with Gasteiger partial charge in [0, 0.05) is 0 Å². The molecule has 0 saturated carbocycles. The summed E-state index contributed by atoms with van der Waals surface area (Å²) in [6.45, 7) is 9.22. The quantitative estimate of drug-likeness (QED) is 0.788. The van der Waals surface area contributed by atoms with Crippen LogP contribution in [0.5, 0.6) is 11.5 Å². The maximum absolute atomic E-state index is 12.7. The highest BCUT2D eigenvalue weighted by Gasteiger charge is 2.35. The Kier molecular flexibility index (Phi) is 4.92. The third kappa shape index (κ3) is 3.30. The largest absolute Gasteiger partial charge is 0.493 e. The summed E-state index contributed by atoms with van der Waals surface area (Å²) >= 11 is 0. The smallest absolute Gasteiger partial charge is 0.350 e. The Balaban J connectivity index is 2.51. The Morgan fingerprint density at radius 2 is 1.61 bits per heavy atom. The molecule has 0 unspecified atom stereocenters. The molecule has 0 fully saturated rings. The van der Waals surface area contributed by atoms with Gasteiger partial charge in [0.05, 0.1) is 24.7 Å². The third-order valence-corrected chi connectivity index (χ3v) is 5.35. The lowest BCUT2D eigenvalue weighted by Crippen LogP contribution is -2.11. The molecule has 5 nitrogen and oxygen atoms in total. The fraction of sp³-hybridized carbons (Fsp3) is 0.235. The Hall–Kier alpha value is -2.52. The van der Waals surface area contributed by atoms with Crippen molar-refractivity contribution in [2.45, 2.75) is 17.2 Å². The predicted molar refractivity (Wildman–Crippen MR) is 87.3 cm³/mol. The fourth-order valence-electron chi connectivity index (χ4n) is 2.19. The first-order valence-corrected chi connectivity index (χ1v) is 8.37. The van der Waals surface area contributed by atoms with Gasteiger partial charge in [-0.05, 0) is 37.3 Å². The summed E-state index contributed by atoms with van der Waals surface area (Å²) in [6.07, 6.45) is 0. The molecule has 0 aliphatic heterocycles. The van der Waals surface area contributed by atoms with Crippen LogP contribution < -0.4 is 9.47 Å². The number of rotatable bonds is 5. The normalized spacial score (nSPS) is 12.3. The van der Waals surface area contributed by atoms with Crippen LogP contribution in [-0.4, -0.2) is 22.6 Å². The van der Waals surface area contributed by atoms with Gasteiger partial charge in [-0.15, -0.1) is 0 Å². The molecule has 0 bridgehead atoms. The Labute approximate surface area is 136 Å². The van der Waals surface area contributed by atoms with E-state index in [1.807, 2.05) is 6.92 Å². The van der Waals surface area contributed by atoms with Crippen LogP contribution in [0.25, 0.3) is 4.85 Å². The zero-order chi connectivity index (χ0) is 17.0. The average Bonchev–Trinajstić information content (AvgIpc) is 2.55. The molecular weight excluding hydrogens is 314 g/mol. The van der Waals surface area contributed by atoms with Gasteiger partial charge in [0.2, 0.25) is 0 Å². The summed E-state index contributed by atoms with van der Waals surface area (Å²) in [6, 6.07) is 11.1. The van der Waals surface area contributed by atoms with Crippen molar-refractivity contribution in [3.05, 3.63) is 65.0 Å². The van der Waals surface area contributed by atoms with Crippen LogP contribution in [0.15, 0.2) is 47.4 Å². The van der Waals surface area contributed by atoms with E-state index in [9.17, 15) is 8.42 Å². The number of sulfone groups is 1. The van der Waals surface area contributed by atoms with Crippen molar-refractivity contribution >= 4 is 9.84 Å². The number of benzene rings is 2. The number of ether oxygens (including phenoxy) is 2. The highest BCUT2D eigenvalue weighted by atomic mass is 32.2. The van der Waals surface area contributed by atoms with Gasteiger partial charge in [0.1, 0.15) is 0 Å². The Morgan fingerprint density at radius 3 is 2.13 bits per heavy atom. The van der Waals surface area contributed by atoms with Gasteiger partial charge in [-0.1, -0.05) is 17.7 Å². The maximum Gasteiger partial charge on any atom is 0.350 e. The molecule has 0 aliphatic rings. The van der Waals surface area contributed by atoms with Gasteiger partial charge in [0.15, 0.2) is 11.5 Å². The first kappa shape index (κ1) is 16.8. The lowest BCUT2D eigenvalue weighted by Gasteiger charge is -2.12. The molecule has 2 aromatic rings. The van der Waals surface area contributed by atoms with Crippen LogP contribution in [0.4, 0.5) is 0 Å². The van der Waals surface area contributed by atoms with Gasteiger partial charge in [-0.3, -0.25) is 4.85 Å². The molecule has 120 valence electrons. The van der Waals surface area contributed by atoms with Gasteiger partial charge >= 0.3 is 5.37 Å². The molecule has 6 heteroatoms. The summed E-state index contributed by atoms with van der Waals surface area (Å²) < 4.78 is 35.8. The van der Waals surface area contributed by atoms with Crippen LogP contribution in [0.3, 0.4) is 0 Å². The van der Waals surface area contributed by atoms with Crippen LogP contribution in [0, 0.1) is 13.5 Å². The SMILES string of the molecule is [C-]#[N+][C@H](c1ccc(OC)c(OC)c1)S(=O)(=O)c1ccc(C)cc1. The monoisotopic (exact) mass is 331 g/mol. The minimum atomic E-state index is -3.82. The number of methoxy groups -OCH3 is 2. The van der Waals surface area contributed by atoms with E-state index in [-0.39, 0.29) is 4.90 Å². The minimum absolute atomic E-state index is 0.124. The molecule has 0 spiro atoms. The van der Waals surface area contributed by atoms with E-state index in [1.54, 1.807) is 24.3 Å². The molecule has 2 rings (SSSR count). The Morgan fingerprint density at radius 1 is 1.00 bits per heavy atom. The van der Waals surface area contributed by atoms with Crippen molar-refractivity contribution in [1.29, 1.82) is 0 Å². The minimum Gasteiger partial charge on any atom is -0.493 e. The highest BCUT2D eigenvalue weighted by molar-refractivity contribution is 7.91. The van der Waals surface area contributed by atoms with Crippen molar-refractivity contribution < 1.29 is 17.9 Å². The molecule has 0 radical (unpaired) electrons. The van der Waals surface area contributed by atoms with E-state index in [4.69, 9.17) is 16.0 Å². The maximum atomic E-state index is 12.7. The first-order valence-electron chi connectivity index (χ1n) is 6.83. The van der Waals surface area contributed by atoms with Gasteiger partial charge in [-0.2, -0.15) is 0 Å². The van der Waals surface area contributed by atoms with Crippen molar-refractivity contribution in [3.63, 3.8) is 0 Å². The molecule has 0 amide bonds. The van der Waals surface area contributed by atoms with Gasteiger partial charge < -0.3 is 9.47 Å². The van der Waals surface area contributed by atoms with Crippen LogP contribution >= 0.6 is 0 Å². The lowest BCUT2D eigenvalue weighted by atomic mass is 10.2. The second-order valence-corrected chi connectivity index (χ2v) is 6.96. The van der Waals surface area contributed by atoms with Crippen molar-refractivity contribution in [3.8, 4) is 11.5 Å². The van der Waals surface area contributed by atoms with E-state index >= 15 is 0 Å². The molecule has 1 atom stereocenters. The molecule has 0 aliphatic carbocycles. The van der Waals surface area contributed by atoms with Crippen molar-refractivity contribution in [2.24, 2.45) is 0 Å². The number of aryl methyl sites for hydroxylation is 1. The van der Waals surface area contributed by atoms with E-state index < -0.39 is 15.2 Å². The summed E-state index contributed by atoms with van der Waals surface area (Å²) in [7, 11) is -0.862. The van der Waals surface area contributed by atoms with Crippen LogP contribution in [-0.2, 0) is 9.84 Å². The topological polar surface area (TPSA) is 57.0 Å². The summed E-state index contributed by atoms with van der Waals surface area (Å²) in [4.78, 5) is 3.45. The molecule has 0 saturated heterocycles. The second kappa shape index (κ2) is 6.71. The van der Waals surface area contributed by atoms with E-state index in [0.29, 0.717) is 17.1 Å². The number of hydrogen-bond donors (Lipinski definition) is 0. The third-order valence-electron chi connectivity index (χ3n) is 3.45. The van der Waals surface area contributed by atoms with Crippen molar-refractivity contribution in [2.75, 3.05) is 14.2 Å². The fourth-order valence-corrected chi connectivity index (χ4v) is 3.60. The van der Waals surface area contributed by atoms with Gasteiger partial charge in [-0.25, -0.2) is 15.0 Å². The number of hydrogen-bond acceptors (Lipinski definition) is 4. The summed E-state index contributed by atoms with van der Waals surface area (Å²) in [5.41, 5.74) is 1.30. The lowest BCUT2D eigenvalue weighted by molar-refractivity contribution is 0.354. The average molecular weight is 331 g/mol. The molecule has 0 N–H and O–H groups in total. The highest BCUT2D eigenvalue weighted by Crippen LogP contribution is 2.35. The molecule has 0 aromatic heterocycles. The molecule has 0 heterocycles. The summed E-state index contributed by atoms with van der Waals surface area (Å²) in [5, 5.41) is -1.33. The second-order valence-electron chi connectivity index (χ2n) is 4.95.